The van der Waals surface area contributed by atoms with Gasteiger partial charge in [-0.25, -0.2) is 0 Å². The second kappa shape index (κ2) is 5.86. The van der Waals surface area contributed by atoms with Crippen LogP contribution < -0.4 is 5.32 Å². The van der Waals surface area contributed by atoms with E-state index in [4.69, 9.17) is 16.7 Å². The lowest BCUT2D eigenvalue weighted by Gasteiger charge is -2.05. The molecule has 0 saturated heterocycles. The molecular formula is C10H9BrClNO3. The van der Waals surface area contributed by atoms with E-state index >= 15 is 0 Å². The Morgan fingerprint density at radius 1 is 1.44 bits per heavy atom. The molecule has 2 N–H and O–H groups in total. The van der Waals surface area contributed by atoms with E-state index in [2.05, 4.69) is 21.2 Å². The molecule has 1 amide bonds. The van der Waals surface area contributed by atoms with E-state index in [9.17, 15) is 9.59 Å². The molecule has 0 saturated carbocycles. The first-order valence-corrected chi connectivity index (χ1v) is 5.63. The Morgan fingerprint density at radius 3 is 2.75 bits per heavy atom. The molecule has 6 heteroatoms. The normalized spacial score (nSPS) is 9.88. The lowest BCUT2D eigenvalue weighted by molar-refractivity contribution is -0.136. The number of carboxylic acids is 1. The third-order valence-corrected chi connectivity index (χ3v) is 2.62. The highest BCUT2D eigenvalue weighted by Crippen LogP contribution is 2.20. The lowest BCUT2D eigenvalue weighted by atomic mass is 10.2. The van der Waals surface area contributed by atoms with Crippen LogP contribution in [0.4, 0.5) is 0 Å². The first-order chi connectivity index (χ1) is 7.50. The largest absolute Gasteiger partial charge is 0.481 e. The zero-order valence-corrected chi connectivity index (χ0v) is 10.5. The Kier molecular flexibility index (Phi) is 4.76. The van der Waals surface area contributed by atoms with Crippen molar-refractivity contribution in [1.29, 1.82) is 0 Å². The number of aliphatic carboxylic acids is 1. The molecule has 0 bridgehead atoms. The van der Waals surface area contributed by atoms with Crippen LogP contribution >= 0.6 is 27.5 Å². The summed E-state index contributed by atoms with van der Waals surface area (Å²) in [6, 6.07) is 4.90. The minimum absolute atomic E-state index is 0.0804. The molecule has 0 fully saturated rings. The van der Waals surface area contributed by atoms with Crippen molar-refractivity contribution in [3.8, 4) is 0 Å². The molecule has 1 aromatic rings. The summed E-state index contributed by atoms with van der Waals surface area (Å²) < 4.78 is 0.736. The topological polar surface area (TPSA) is 66.4 Å². The number of nitrogens with one attached hydrogen (secondary N) is 1. The summed E-state index contributed by atoms with van der Waals surface area (Å²) in [6.07, 6.45) is -0.114. The van der Waals surface area contributed by atoms with E-state index in [1.54, 1.807) is 18.2 Å². The van der Waals surface area contributed by atoms with E-state index in [1.165, 1.54) is 0 Å². The van der Waals surface area contributed by atoms with Crippen molar-refractivity contribution < 1.29 is 14.7 Å². The van der Waals surface area contributed by atoms with E-state index in [0.29, 0.717) is 10.6 Å². The molecule has 0 radical (unpaired) electrons. The average molecular weight is 307 g/mol. The fraction of sp³-hybridized carbons (Fsp3) is 0.200. The summed E-state index contributed by atoms with van der Waals surface area (Å²) in [4.78, 5) is 21.8. The van der Waals surface area contributed by atoms with Crippen LogP contribution in [0.5, 0.6) is 0 Å². The molecule has 16 heavy (non-hydrogen) atoms. The second-order valence-corrected chi connectivity index (χ2v) is 4.35. The smallest absolute Gasteiger partial charge is 0.305 e. The molecule has 1 rings (SSSR count). The van der Waals surface area contributed by atoms with Crippen molar-refractivity contribution in [2.45, 2.75) is 6.42 Å². The Balaban J connectivity index is 2.65. The van der Waals surface area contributed by atoms with Crippen LogP contribution in [0.2, 0.25) is 5.02 Å². The van der Waals surface area contributed by atoms with Crippen molar-refractivity contribution in [3.63, 3.8) is 0 Å². The second-order valence-electron chi connectivity index (χ2n) is 3.02. The highest BCUT2D eigenvalue weighted by Gasteiger charge is 2.10. The SMILES string of the molecule is O=C(O)CCNC(=O)c1cc(Br)ccc1Cl. The summed E-state index contributed by atoms with van der Waals surface area (Å²) >= 11 is 9.06. The number of hydrogen-bond donors (Lipinski definition) is 2. The van der Waals surface area contributed by atoms with Gasteiger partial charge in [0.25, 0.3) is 5.91 Å². The number of halogens is 2. The molecule has 0 aromatic heterocycles. The first-order valence-electron chi connectivity index (χ1n) is 4.45. The Morgan fingerprint density at radius 2 is 2.12 bits per heavy atom. The van der Waals surface area contributed by atoms with Gasteiger partial charge >= 0.3 is 5.97 Å². The molecule has 0 aliphatic heterocycles. The zero-order valence-electron chi connectivity index (χ0n) is 8.17. The molecule has 0 heterocycles. The van der Waals surface area contributed by atoms with E-state index in [-0.39, 0.29) is 18.9 Å². The molecule has 86 valence electrons. The molecule has 0 spiro atoms. The summed E-state index contributed by atoms with van der Waals surface area (Å²) in [6.45, 7) is 0.0804. The first kappa shape index (κ1) is 13.0. The van der Waals surface area contributed by atoms with Gasteiger partial charge < -0.3 is 10.4 Å². The number of carbonyl (C=O) groups is 2. The van der Waals surface area contributed by atoms with E-state index < -0.39 is 5.97 Å². The van der Waals surface area contributed by atoms with Crippen molar-refractivity contribution >= 4 is 39.4 Å². The molecule has 4 nitrogen and oxygen atoms in total. The van der Waals surface area contributed by atoms with Gasteiger partial charge in [0.15, 0.2) is 0 Å². The van der Waals surface area contributed by atoms with Gasteiger partial charge in [-0.05, 0) is 18.2 Å². The van der Waals surface area contributed by atoms with E-state index in [1.807, 2.05) is 0 Å². The van der Waals surface area contributed by atoms with Gasteiger partial charge in [-0.15, -0.1) is 0 Å². The minimum atomic E-state index is -0.958. The Hall–Kier alpha value is -1.07. The summed E-state index contributed by atoms with van der Waals surface area (Å²) in [7, 11) is 0. The molecular weight excluding hydrogens is 297 g/mol. The van der Waals surface area contributed by atoms with Crippen molar-refractivity contribution in [2.75, 3.05) is 6.54 Å². The summed E-state index contributed by atoms with van der Waals surface area (Å²) in [5, 5.41) is 11.2. The van der Waals surface area contributed by atoms with E-state index in [0.717, 1.165) is 4.47 Å². The molecule has 1 aromatic carbocycles. The average Bonchev–Trinajstić information content (AvgIpc) is 2.21. The van der Waals surface area contributed by atoms with Gasteiger partial charge in [0.2, 0.25) is 0 Å². The number of carboxylic acid groups (broad SMARTS) is 1. The number of rotatable bonds is 4. The van der Waals surface area contributed by atoms with Gasteiger partial charge in [0, 0.05) is 11.0 Å². The molecule has 0 unspecified atom stereocenters. The number of carbonyl (C=O) groups excluding carboxylic acids is 1. The van der Waals surface area contributed by atoms with Crippen LogP contribution in [-0.2, 0) is 4.79 Å². The quantitative estimate of drug-likeness (QED) is 0.897. The highest BCUT2D eigenvalue weighted by atomic mass is 79.9. The van der Waals surface area contributed by atoms with Gasteiger partial charge in [-0.2, -0.15) is 0 Å². The predicted molar refractivity (Wildman–Crippen MR) is 63.7 cm³/mol. The Labute approximate surface area is 106 Å². The standard InChI is InChI=1S/C10H9BrClNO3/c11-6-1-2-8(12)7(5-6)10(16)13-4-3-9(14)15/h1-2,5H,3-4H2,(H,13,16)(H,14,15). The van der Waals surface area contributed by atoms with Gasteiger partial charge in [-0.1, -0.05) is 27.5 Å². The maximum Gasteiger partial charge on any atom is 0.305 e. The highest BCUT2D eigenvalue weighted by molar-refractivity contribution is 9.10. The lowest BCUT2D eigenvalue weighted by Crippen LogP contribution is -2.26. The zero-order chi connectivity index (χ0) is 12.1. The van der Waals surface area contributed by atoms with Crippen molar-refractivity contribution in [3.05, 3.63) is 33.3 Å². The van der Waals surface area contributed by atoms with Crippen molar-refractivity contribution in [2.24, 2.45) is 0 Å². The number of amides is 1. The maximum absolute atomic E-state index is 11.6. The third-order valence-electron chi connectivity index (χ3n) is 1.80. The van der Waals surface area contributed by atoms with Gasteiger partial charge in [-0.3, -0.25) is 9.59 Å². The third kappa shape index (κ3) is 3.83. The molecule has 0 aliphatic rings. The van der Waals surface area contributed by atoms with Crippen LogP contribution in [0.15, 0.2) is 22.7 Å². The minimum Gasteiger partial charge on any atom is -0.481 e. The van der Waals surface area contributed by atoms with Crippen LogP contribution in [0, 0.1) is 0 Å². The predicted octanol–water partition coefficient (Wildman–Crippen LogP) is 2.31. The van der Waals surface area contributed by atoms with Crippen molar-refractivity contribution in [1.82, 2.24) is 5.32 Å². The Bertz CT molecular complexity index is 423. The van der Waals surface area contributed by atoms with Crippen LogP contribution in [0.25, 0.3) is 0 Å². The van der Waals surface area contributed by atoms with Gasteiger partial charge in [0.1, 0.15) is 0 Å². The fourth-order valence-electron chi connectivity index (χ4n) is 1.05. The van der Waals surface area contributed by atoms with Crippen LogP contribution in [0.1, 0.15) is 16.8 Å². The molecule has 0 aliphatic carbocycles. The van der Waals surface area contributed by atoms with Crippen LogP contribution in [0.3, 0.4) is 0 Å². The summed E-state index contributed by atoms with van der Waals surface area (Å²) in [5.74, 6) is -1.34. The number of benzene rings is 1. The fourth-order valence-corrected chi connectivity index (χ4v) is 1.61. The molecule has 0 atom stereocenters. The number of hydrogen-bond acceptors (Lipinski definition) is 2. The summed E-state index contributed by atoms with van der Waals surface area (Å²) in [5.41, 5.74) is 0.321. The van der Waals surface area contributed by atoms with Gasteiger partial charge in [0.05, 0.1) is 17.0 Å². The van der Waals surface area contributed by atoms with Crippen LogP contribution in [-0.4, -0.2) is 23.5 Å². The maximum atomic E-state index is 11.6. The monoisotopic (exact) mass is 305 g/mol.